The van der Waals surface area contributed by atoms with E-state index in [1.165, 1.54) is 33.1 Å². The van der Waals surface area contributed by atoms with Crippen LogP contribution in [0.2, 0.25) is 0 Å². The molecular formula is C46H41BBrNO. The van der Waals surface area contributed by atoms with Gasteiger partial charge in [-0.1, -0.05) is 192 Å². The molecule has 7 rings (SSSR count). The average Bonchev–Trinajstić information content (AvgIpc) is 3.18. The highest BCUT2D eigenvalue weighted by Gasteiger charge is 2.31. The predicted molar refractivity (Wildman–Crippen MR) is 218 cm³/mol. The van der Waals surface area contributed by atoms with Gasteiger partial charge in [0.25, 0.3) is 0 Å². The van der Waals surface area contributed by atoms with Gasteiger partial charge in [-0.15, -0.1) is 0 Å². The summed E-state index contributed by atoms with van der Waals surface area (Å²) in [5.74, 6) is 0.0637. The van der Waals surface area contributed by atoms with Crippen molar-refractivity contribution in [3.05, 3.63) is 221 Å². The van der Waals surface area contributed by atoms with E-state index in [2.05, 4.69) is 188 Å². The van der Waals surface area contributed by atoms with Crippen LogP contribution in [0.25, 0.3) is 0 Å². The standard InChI is InChI=1S/C24H20B.C22H21BrNO/c1-5-13-21(14-6-1)25(22-15-7-2-8-16-22,23-17-9-3-10-18-23)24-19-11-4-12-20-24;1-24(2,21-14-12-20(23)13-15-21)16-17-8-10-19(11-9-17)22(25)18-6-4-3-5-7-18/h1-20H;3-15H,16H2,1-2H3/q-1;+1. The fourth-order valence-corrected chi connectivity index (χ4v) is 7.30. The van der Waals surface area contributed by atoms with Crippen molar-refractivity contribution >= 4 is 55.4 Å². The molecule has 50 heavy (non-hydrogen) atoms. The summed E-state index contributed by atoms with van der Waals surface area (Å²) in [4.78, 5) is 12.5. The van der Waals surface area contributed by atoms with Gasteiger partial charge in [-0.05, 0) is 12.1 Å². The maximum atomic E-state index is 12.5. The molecule has 2 nitrogen and oxygen atoms in total. The molecule has 7 aromatic carbocycles. The number of quaternary nitrogens is 1. The first kappa shape index (κ1) is 34.6. The van der Waals surface area contributed by atoms with Crippen molar-refractivity contribution < 1.29 is 4.79 Å². The molecule has 0 fully saturated rings. The molecule has 0 aliphatic carbocycles. The Morgan fingerprint density at radius 1 is 0.460 bits per heavy atom. The van der Waals surface area contributed by atoms with Crippen molar-refractivity contribution in [2.75, 3.05) is 14.1 Å². The van der Waals surface area contributed by atoms with Crippen LogP contribution in [0.4, 0.5) is 5.69 Å². The zero-order valence-electron chi connectivity index (χ0n) is 28.6. The van der Waals surface area contributed by atoms with Crippen molar-refractivity contribution in [2.24, 2.45) is 0 Å². The summed E-state index contributed by atoms with van der Waals surface area (Å²) >= 11 is 3.48. The third kappa shape index (κ3) is 7.78. The lowest BCUT2D eigenvalue weighted by Gasteiger charge is -2.44. The number of carbonyl (C=O) groups is 1. The Morgan fingerprint density at radius 3 is 1.18 bits per heavy atom. The smallest absolute Gasteiger partial charge is 0.193 e. The quantitative estimate of drug-likeness (QED) is 0.0833. The minimum Gasteiger partial charge on any atom is -0.292 e. The van der Waals surface area contributed by atoms with Crippen molar-refractivity contribution in [1.29, 1.82) is 0 Å². The van der Waals surface area contributed by atoms with E-state index in [-0.39, 0.29) is 5.78 Å². The van der Waals surface area contributed by atoms with Gasteiger partial charge in [0, 0.05) is 33.3 Å². The molecule has 0 aliphatic rings. The van der Waals surface area contributed by atoms with Gasteiger partial charge in [-0.2, -0.15) is 21.9 Å². The van der Waals surface area contributed by atoms with Gasteiger partial charge in [-0.25, -0.2) is 0 Å². The number of halogens is 1. The van der Waals surface area contributed by atoms with Crippen molar-refractivity contribution in [2.45, 2.75) is 6.54 Å². The highest BCUT2D eigenvalue weighted by Crippen LogP contribution is 2.24. The van der Waals surface area contributed by atoms with Gasteiger partial charge in [0.05, 0.1) is 14.1 Å². The van der Waals surface area contributed by atoms with E-state index < -0.39 is 6.15 Å². The molecule has 4 heteroatoms. The van der Waals surface area contributed by atoms with Crippen molar-refractivity contribution in [3.63, 3.8) is 0 Å². The number of ketones is 1. The predicted octanol–water partition coefficient (Wildman–Crippen LogP) is 8.51. The van der Waals surface area contributed by atoms with E-state index in [9.17, 15) is 4.79 Å². The van der Waals surface area contributed by atoms with Crippen molar-refractivity contribution in [3.8, 4) is 0 Å². The van der Waals surface area contributed by atoms with Crippen LogP contribution in [0.1, 0.15) is 21.5 Å². The van der Waals surface area contributed by atoms with Crippen LogP contribution in [-0.2, 0) is 6.54 Å². The Labute approximate surface area is 305 Å². The summed E-state index contributed by atoms with van der Waals surface area (Å²) in [5, 5.41) is 0. The largest absolute Gasteiger partial charge is 0.292 e. The number of carbonyl (C=O) groups excluding carboxylic acids is 1. The Hall–Kier alpha value is -5.29. The minimum absolute atomic E-state index is 0.0637. The number of hydrogen-bond acceptors (Lipinski definition) is 1. The molecule has 0 amide bonds. The van der Waals surface area contributed by atoms with Gasteiger partial charge in [0.15, 0.2) is 5.78 Å². The zero-order chi connectivity index (χ0) is 34.8. The first-order chi connectivity index (χ1) is 24.4. The molecule has 7 aromatic rings. The molecule has 0 aromatic heterocycles. The average molecular weight is 715 g/mol. The summed E-state index contributed by atoms with van der Waals surface area (Å²) in [6, 6.07) is 69.3. The monoisotopic (exact) mass is 713 g/mol. The van der Waals surface area contributed by atoms with Crippen LogP contribution in [0.3, 0.4) is 0 Å². The van der Waals surface area contributed by atoms with Gasteiger partial charge in [0.1, 0.15) is 18.4 Å². The molecule has 0 unspecified atom stereocenters. The SMILES string of the molecule is C[N+](C)(Cc1ccc(C(=O)c2ccccc2)cc1)c1ccc(Br)cc1.c1ccc([B-](c2ccccc2)(c2ccccc2)c2ccccc2)cc1. The molecule has 0 radical (unpaired) electrons. The summed E-state index contributed by atoms with van der Waals surface area (Å²) in [6.45, 7) is 0.863. The van der Waals surface area contributed by atoms with Crippen LogP contribution in [0, 0.1) is 0 Å². The first-order valence-corrected chi connectivity index (χ1v) is 17.8. The topological polar surface area (TPSA) is 17.1 Å². The lowest BCUT2D eigenvalue weighted by atomic mass is 9.13. The molecule has 0 saturated heterocycles. The fourth-order valence-electron chi connectivity index (χ4n) is 7.03. The van der Waals surface area contributed by atoms with E-state index >= 15 is 0 Å². The van der Waals surface area contributed by atoms with Gasteiger partial charge in [0.2, 0.25) is 0 Å². The highest BCUT2D eigenvalue weighted by molar-refractivity contribution is 9.10. The highest BCUT2D eigenvalue weighted by atomic mass is 79.9. The van der Waals surface area contributed by atoms with E-state index in [4.69, 9.17) is 0 Å². The van der Waals surface area contributed by atoms with Crippen LogP contribution < -0.4 is 26.3 Å². The summed E-state index contributed by atoms with van der Waals surface area (Å²) in [7, 11) is 4.37. The molecule has 246 valence electrons. The van der Waals surface area contributed by atoms with E-state index in [0.717, 1.165) is 26.6 Å². The van der Waals surface area contributed by atoms with Crippen molar-refractivity contribution in [1.82, 2.24) is 4.48 Å². The summed E-state index contributed by atoms with van der Waals surface area (Å²) in [5.41, 5.74) is 9.25. The Morgan fingerprint density at radius 2 is 0.800 bits per heavy atom. The molecule has 0 N–H and O–H groups in total. The van der Waals surface area contributed by atoms with Crippen LogP contribution in [-0.4, -0.2) is 26.0 Å². The lowest BCUT2D eigenvalue weighted by Crippen LogP contribution is -2.74. The Bertz CT molecular complexity index is 1920. The van der Waals surface area contributed by atoms with Crippen LogP contribution in [0.5, 0.6) is 0 Å². The third-order valence-corrected chi connectivity index (χ3v) is 10.1. The van der Waals surface area contributed by atoms with Gasteiger partial charge in [-0.3, -0.25) is 9.28 Å². The van der Waals surface area contributed by atoms with E-state index in [0.29, 0.717) is 0 Å². The number of nitrogens with zero attached hydrogens (tertiary/aromatic N) is 1. The Balaban J connectivity index is 0.000000173. The van der Waals surface area contributed by atoms with E-state index in [1.807, 2.05) is 42.5 Å². The second-order valence-electron chi connectivity index (χ2n) is 13.2. The number of hydrogen-bond donors (Lipinski definition) is 0. The van der Waals surface area contributed by atoms with Gasteiger partial charge >= 0.3 is 0 Å². The molecule has 0 atom stereocenters. The van der Waals surface area contributed by atoms with Crippen LogP contribution >= 0.6 is 15.9 Å². The van der Waals surface area contributed by atoms with E-state index in [1.54, 1.807) is 0 Å². The molecule has 0 bridgehead atoms. The normalized spacial score (nSPS) is 11.3. The molecule has 0 saturated carbocycles. The fraction of sp³-hybridized carbons (Fsp3) is 0.0652. The number of rotatable bonds is 9. The Kier molecular flexibility index (Phi) is 11.0. The second-order valence-corrected chi connectivity index (χ2v) is 14.1. The maximum Gasteiger partial charge on any atom is 0.193 e. The number of benzene rings is 7. The van der Waals surface area contributed by atoms with Gasteiger partial charge < -0.3 is 0 Å². The minimum atomic E-state index is -1.22. The maximum absolute atomic E-state index is 12.5. The van der Waals surface area contributed by atoms with Crippen LogP contribution in [0.15, 0.2) is 205 Å². The third-order valence-electron chi connectivity index (χ3n) is 9.55. The summed E-state index contributed by atoms with van der Waals surface area (Å²) < 4.78 is 1.83. The molecule has 0 heterocycles. The second kappa shape index (κ2) is 16.0. The molecule has 0 spiro atoms. The lowest BCUT2D eigenvalue weighted by molar-refractivity contribution is 0.103. The molecule has 0 aliphatic heterocycles. The first-order valence-electron chi connectivity index (χ1n) is 17.0. The molecular weight excluding hydrogens is 673 g/mol. The zero-order valence-corrected chi connectivity index (χ0v) is 30.2. The summed E-state index contributed by atoms with van der Waals surface area (Å²) in [6.07, 6.45) is -1.22.